The van der Waals surface area contributed by atoms with E-state index in [2.05, 4.69) is 5.32 Å². The maximum atomic E-state index is 13.0. The number of anilines is 1. The van der Waals surface area contributed by atoms with E-state index in [-0.39, 0.29) is 6.42 Å². The Kier molecular flexibility index (Phi) is 8.04. The normalized spacial score (nSPS) is 12.0. The predicted octanol–water partition coefficient (Wildman–Crippen LogP) is 7.05. The zero-order valence-electron chi connectivity index (χ0n) is 21.4. The Morgan fingerprint density at radius 3 is 1.62 bits per heavy atom. The van der Waals surface area contributed by atoms with Crippen LogP contribution in [0.5, 0.6) is 0 Å². The average Bonchev–Trinajstić information content (AvgIpc) is 2.92. The summed E-state index contributed by atoms with van der Waals surface area (Å²) in [6.07, 6.45) is -4.71. The quantitative estimate of drug-likeness (QED) is 0.255. The van der Waals surface area contributed by atoms with Crippen LogP contribution in [0.25, 0.3) is 22.3 Å². The molecule has 4 rings (SSSR count). The number of hydrogen-bond acceptors (Lipinski definition) is 3. The molecule has 0 spiro atoms. The number of nitrogens with zero attached hydrogens (tertiary/aromatic N) is 1. The first-order chi connectivity index (χ1) is 18.5. The van der Waals surface area contributed by atoms with Crippen LogP contribution < -0.4 is 10.2 Å². The number of halogens is 3. The molecule has 0 fully saturated rings. The lowest BCUT2D eigenvalue weighted by molar-refractivity contribution is -0.138. The Bertz CT molecular complexity index is 1430. The molecule has 1 unspecified atom stereocenters. The van der Waals surface area contributed by atoms with Crippen molar-refractivity contribution in [3.05, 3.63) is 114 Å². The van der Waals surface area contributed by atoms with Crippen LogP contribution in [0, 0.1) is 0 Å². The van der Waals surface area contributed by atoms with Gasteiger partial charge in [0.2, 0.25) is 0 Å². The van der Waals surface area contributed by atoms with Crippen molar-refractivity contribution in [2.24, 2.45) is 0 Å². The standard InChI is InChI=1S/C31H27F3N2O3/c1-36(2)27-17-13-23(14-18-27)20-3-7-24(8-4-20)28(19-29(37)38)35-30(39)25-9-5-21(6-10-25)22-11-15-26(16-12-22)31(32,33)34/h3-18,28H,19H2,1-2H3,(H,35,39)(H,37,38). The first-order valence-corrected chi connectivity index (χ1v) is 12.2. The van der Waals surface area contributed by atoms with Crippen LogP contribution in [0.1, 0.15) is 33.9 Å². The SMILES string of the molecule is CN(C)c1ccc(-c2ccc(C(CC(=O)O)NC(=O)c3ccc(-c4ccc(C(F)(F)F)cc4)cc3)cc2)cc1. The van der Waals surface area contributed by atoms with E-state index in [0.29, 0.717) is 22.3 Å². The number of carbonyl (C=O) groups is 2. The summed E-state index contributed by atoms with van der Waals surface area (Å²) < 4.78 is 38.5. The number of carboxylic acid groups (broad SMARTS) is 1. The maximum Gasteiger partial charge on any atom is 0.416 e. The van der Waals surface area contributed by atoms with Gasteiger partial charge in [-0.2, -0.15) is 13.2 Å². The van der Waals surface area contributed by atoms with Gasteiger partial charge in [-0.3, -0.25) is 9.59 Å². The highest BCUT2D eigenvalue weighted by Crippen LogP contribution is 2.31. The van der Waals surface area contributed by atoms with Gasteiger partial charge in [-0.05, 0) is 64.2 Å². The summed E-state index contributed by atoms with van der Waals surface area (Å²) in [5.41, 5.74) is 4.50. The summed E-state index contributed by atoms with van der Waals surface area (Å²) in [4.78, 5) is 26.5. The minimum absolute atomic E-state index is 0.299. The van der Waals surface area contributed by atoms with E-state index in [9.17, 15) is 27.9 Å². The van der Waals surface area contributed by atoms with Gasteiger partial charge in [0.05, 0.1) is 18.0 Å². The molecule has 2 N–H and O–H groups in total. The van der Waals surface area contributed by atoms with Crippen molar-refractivity contribution >= 4 is 17.6 Å². The second-order valence-corrected chi connectivity index (χ2v) is 9.34. The zero-order chi connectivity index (χ0) is 28.2. The molecule has 0 aliphatic heterocycles. The summed E-state index contributed by atoms with van der Waals surface area (Å²) in [7, 11) is 3.93. The number of nitrogens with one attached hydrogen (secondary N) is 1. The Hall–Kier alpha value is -4.59. The van der Waals surface area contributed by atoms with Crippen molar-refractivity contribution in [1.82, 2.24) is 5.32 Å². The van der Waals surface area contributed by atoms with Crippen molar-refractivity contribution in [2.45, 2.75) is 18.6 Å². The molecule has 0 bridgehead atoms. The molecule has 0 saturated carbocycles. The molecular formula is C31H27F3N2O3. The molecule has 0 heterocycles. The summed E-state index contributed by atoms with van der Waals surface area (Å²) in [5.74, 6) is -1.51. The van der Waals surface area contributed by atoms with E-state index < -0.39 is 29.7 Å². The lowest BCUT2D eigenvalue weighted by Crippen LogP contribution is -2.30. The van der Waals surface area contributed by atoms with Gasteiger partial charge in [-0.15, -0.1) is 0 Å². The molecule has 1 amide bonds. The average molecular weight is 533 g/mol. The largest absolute Gasteiger partial charge is 0.481 e. The Morgan fingerprint density at radius 2 is 1.18 bits per heavy atom. The third-order valence-corrected chi connectivity index (χ3v) is 6.41. The highest BCUT2D eigenvalue weighted by atomic mass is 19.4. The second-order valence-electron chi connectivity index (χ2n) is 9.34. The monoisotopic (exact) mass is 532 g/mol. The van der Waals surface area contributed by atoms with Crippen molar-refractivity contribution in [3.63, 3.8) is 0 Å². The lowest BCUT2D eigenvalue weighted by atomic mass is 9.98. The number of amides is 1. The van der Waals surface area contributed by atoms with Crippen molar-refractivity contribution in [3.8, 4) is 22.3 Å². The first kappa shape index (κ1) is 27.4. The predicted molar refractivity (Wildman–Crippen MR) is 146 cm³/mol. The number of alkyl halides is 3. The Balaban J connectivity index is 1.48. The van der Waals surface area contributed by atoms with Gasteiger partial charge in [-0.25, -0.2) is 0 Å². The van der Waals surface area contributed by atoms with Crippen molar-refractivity contribution < 1.29 is 27.9 Å². The van der Waals surface area contributed by atoms with Crippen LogP contribution in [-0.4, -0.2) is 31.1 Å². The van der Waals surface area contributed by atoms with Gasteiger partial charge in [-0.1, -0.05) is 60.7 Å². The molecule has 0 aliphatic rings. The number of hydrogen-bond donors (Lipinski definition) is 2. The van der Waals surface area contributed by atoms with Gasteiger partial charge in [0.25, 0.3) is 5.91 Å². The summed E-state index contributed by atoms with van der Waals surface area (Å²) >= 11 is 0. The van der Waals surface area contributed by atoms with E-state index in [0.717, 1.165) is 28.9 Å². The topological polar surface area (TPSA) is 69.6 Å². The van der Waals surface area contributed by atoms with E-state index in [4.69, 9.17) is 0 Å². The van der Waals surface area contributed by atoms with Gasteiger partial charge >= 0.3 is 12.1 Å². The van der Waals surface area contributed by atoms with Gasteiger partial charge in [0.15, 0.2) is 0 Å². The van der Waals surface area contributed by atoms with Crippen LogP contribution in [-0.2, 0) is 11.0 Å². The highest BCUT2D eigenvalue weighted by Gasteiger charge is 2.30. The van der Waals surface area contributed by atoms with Gasteiger partial charge in [0.1, 0.15) is 0 Å². The number of rotatable bonds is 8. The van der Waals surface area contributed by atoms with Gasteiger partial charge in [0, 0.05) is 25.3 Å². The second kappa shape index (κ2) is 11.4. The number of carboxylic acids is 1. The first-order valence-electron chi connectivity index (χ1n) is 12.2. The van der Waals surface area contributed by atoms with Crippen molar-refractivity contribution in [2.75, 3.05) is 19.0 Å². The summed E-state index contributed by atoms with van der Waals surface area (Å²) in [6.45, 7) is 0. The minimum Gasteiger partial charge on any atom is -0.481 e. The van der Waals surface area contributed by atoms with Gasteiger partial charge < -0.3 is 15.3 Å². The third-order valence-electron chi connectivity index (χ3n) is 6.41. The highest BCUT2D eigenvalue weighted by molar-refractivity contribution is 5.95. The lowest BCUT2D eigenvalue weighted by Gasteiger charge is -2.18. The fourth-order valence-corrected chi connectivity index (χ4v) is 4.19. The molecule has 4 aromatic carbocycles. The summed E-state index contributed by atoms with van der Waals surface area (Å²) in [6, 6.07) is 25.8. The molecule has 0 saturated heterocycles. The van der Waals surface area contributed by atoms with E-state index >= 15 is 0 Å². The molecule has 39 heavy (non-hydrogen) atoms. The van der Waals surface area contributed by atoms with Crippen LogP contribution in [0.4, 0.5) is 18.9 Å². The third kappa shape index (κ3) is 6.84. The molecule has 4 aromatic rings. The molecule has 8 heteroatoms. The number of carbonyl (C=O) groups excluding carboxylic acids is 1. The number of benzene rings is 4. The molecule has 200 valence electrons. The molecule has 0 radical (unpaired) electrons. The maximum absolute atomic E-state index is 13.0. The minimum atomic E-state index is -4.41. The van der Waals surface area contributed by atoms with Crippen LogP contribution >= 0.6 is 0 Å². The fraction of sp³-hybridized carbons (Fsp3) is 0.161. The molecule has 0 aliphatic carbocycles. The molecule has 5 nitrogen and oxygen atoms in total. The molecular weight excluding hydrogens is 505 g/mol. The van der Waals surface area contributed by atoms with Crippen LogP contribution in [0.2, 0.25) is 0 Å². The van der Waals surface area contributed by atoms with Crippen molar-refractivity contribution in [1.29, 1.82) is 0 Å². The summed E-state index contributed by atoms with van der Waals surface area (Å²) in [5, 5.41) is 12.2. The van der Waals surface area contributed by atoms with Crippen LogP contribution in [0.3, 0.4) is 0 Å². The Morgan fingerprint density at radius 1 is 0.744 bits per heavy atom. The fourth-order valence-electron chi connectivity index (χ4n) is 4.19. The zero-order valence-corrected chi connectivity index (χ0v) is 21.4. The molecule has 1 atom stereocenters. The smallest absolute Gasteiger partial charge is 0.416 e. The number of aliphatic carboxylic acids is 1. The van der Waals surface area contributed by atoms with E-state index in [1.54, 1.807) is 36.4 Å². The van der Waals surface area contributed by atoms with Crippen LogP contribution in [0.15, 0.2) is 97.1 Å². The van der Waals surface area contributed by atoms with E-state index in [1.165, 1.54) is 12.1 Å². The molecule has 0 aromatic heterocycles. The Labute approximate surface area is 224 Å². The van der Waals surface area contributed by atoms with E-state index in [1.807, 2.05) is 55.4 Å².